The lowest BCUT2D eigenvalue weighted by molar-refractivity contribution is 0.389. The Kier molecular flexibility index (Phi) is 4.20. The van der Waals surface area contributed by atoms with E-state index in [2.05, 4.69) is 60.6 Å². The first-order chi connectivity index (χ1) is 9.99. The van der Waals surface area contributed by atoms with Crippen molar-refractivity contribution in [2.75, 3.05) is 31.2 Å². The molecule has 2 unspecified atom stereocenters. The predicted molar refractivity (Wildman–Crippen MR) is 90.5 cm³/mol. The van der Waals surface area contributed by atoms with Crippen LogP contribution < -0.4 is 4.90 Å². The van der Waals surface area contributed by atoms with Gasteiger partial charge in [0.25, 0.3) is 0 Å². The summed E-state index contributed by atoms with van der Waals surface area (Å²) in [6.07, 6.45) is 3.08. The van der Waals surface area contributed by atoms with Crippen LogP contribution in [-0.4, -0.2) is 46.6 Å². The lowest BCUT2D eigenvalue weighted by Crippen LogP contribution is -2.31. The summed E-state index contributed by atoms with van der Waals surface area (Å²) < 4.78 is 10.7. The van der Waals surface area contributed by atoms with Gasteiger partial charge in [-0.1, -0.05) is 43.5 Å². The maximum absolute atomic E-state index is 5.37. The lowest BCUT2D eigenvalue weighted by atomic mass is 10.2. The van der Waals surface area contributed by atoms with Crippen LogP contribution in [0.25, 0.3) is 6.08 Å². The molecule has 2 saturated heterocycles. The van der Waals surface area contributed by atoms with Crippen LogP contribution in [0.3, 0.4) is 0 Å². The molecule has 0 aliphatic carbocycles. The minimum absolute atomic E-state index is 0.412. The molecule has 0 radical (unpaired) electrons. The Morgan fingerprint density at radius 3 is 2.00 bits per heavy atom. The number of hydrogen-bond donors (Lipinski definition) is 0. The minimum atomic E-state index is -1.13. The van der Waals surface area contributed by atoms with Crippen LogP contribution in [0.4, 0.5) is 5.69 Å². The summed E-state index contributed by atoms with van der Waals surface area (Å²) in [4.78, 5) is 2.39. The third-order valence-electron chi connectivity index (χ3n) is 3.69. The maximum Gasteiger partial charge on any atom is 0.0984 e. The minimum Gasteiger partial charge on any atom is -0.371 e. The van der Waals surface area contributed by atoms with Crippen molar-refractivity contribution in [2.45, 2.75) is 31.8 Å². The zero-order valence-electron chi connectivity index (χ0n) is 13.2. The molecule has 2 heterocycles. The van der Waals surface area contributed by atoms with Gasteiger partial charge in [-0.15, -0.1) is 0 Å². The summed E-state index contributed by atoms with van der Waals surface area (Å²) in [5, 5.41) is 0. The second-order valence-corrected chi connectivity index (χ2v) is 12.2. The molecular weight excluding hydrogens is 278 g/mol. The fourth-order valence-corrected chi connectivity index (χ4v) is 2.96. The molecule has 2 atom stereocenters. The van der Waals surface area contributed by atoms with Crippen LogP contribution in [0, 0.1) is 0 Å². The van der Waals surface area contributed by atoms with Crippen molar-refractivity contribution in [1.29, 1.82) is 0 Å². The zero-order valence-corrected chi connectivity index (χ0v) is 14.2. The number of ether oxygens (including phenoxy) is 2. The molecule has 0 bridgehead atoms. The third kappa shape index (κ3) is 4.99. The highest BCUT2D eigenvalue weighted by molar-refractivity contribution is 6.81. The third-order valence-corrected chi connectivity index (χ3v) is 4.85. The van der Waals surface area contributed by atoms with Gasteiger partial charge in [-0.2, -0.15) is 0 Å². The molecule has 3 rings (SSSR count). The molecule has 0 amide bonds. The zero-order chi connectivity index (χ0) is 14.9. The first-order valence-corrected chi connectivity index (χ1v) is 11.3. The monoisotopic (exact) mass is 303 g/mol. The fourth-order valence-electron chi connectivity index (χ4n) is 2.27. The second-order valence-electron chi connectivity index (χ2n) is 7.11. The number of nitrogens with zero attached hydrogens (tertiary/aromatic N) is 1. The quantitative estimate of drug-likeness (QED) is 0.572. The van der Waals surface area contributed by atoms with Crippen LogP contribution in [0.1, 0.15) is 5.56 Å². The molecule has 2 aliphatic heterocycles. The van der Waals surface area contributed by atoms with E-state index < -0.39 is 8.07 Å². The average molecular weight is 303 g/mol. The van der Waals surface area contributed by atoms with Gasteiger partial charge in [0.2, 0.25) is 0 Å². The molecule has 2 aliphatic rings. The smallest absolute Gasteiger partial charge is 0.0984 e. The summed E-state index contributed by atoms with van der Waals surface area (Å²) in [5.41, 5.74) is 4.94. The van der Waals surface area contributed by atoms with Gasteiger partial charge in [-0.25, -0.2) is 0 Å². The predicted octanol–water partition coefficient (Wildman–Crippen LogP) is 3.18. The highest BCUT2D eigenvalue weighted by Gasteiger charge is 2.30. The van der Waals surface area contributed by atoms with E-state index in [1.54, 1.807) is 0 Å². The Bertz CT molecular complexity index is 485. The van der Waals surface area contributed by atoms with E-state index in [0.29, 0.717) is 12.2 Å². The van der Waals surface area contributed by atoms with Crippen molar-refractivity contribution in [3.63, 3.8) is 0 Å². The van der Waals surface area contributed by atoms with Gasteiger partial charge in [0, 0.05) is 18.8 Å². The second kappa shape index (κ2) is 5.95. The normalized spacial score (nSPS) is 24.3. The van der Waals surface area contributed by atoms with Crippen molar-refractivity contribution < 1.29 is 9.47 Å². The highest BCUT2D eigenvalue weighted by Crippen LogP contribution is 2.23. The van der Waals surface area contributed by atoms with Crippen molar-refractivity contribution in [3.8, 4) is 0 Å². The maximum atomic E-state index is 5.37. The van der Waals surface area contributed by atoms with E-state index in [0.717, 1.165) is 26.3 Å². The van der Waals surface area contributed by atoms with Crippen LogP contribution >= 0.6 is 0 Å². The Morgan fingerprint density at radius 2 is 1.57 bits per heavy atom. The number of anilines is 1. The molecule has 1 aromatic rings. The highest BCUT2D eigenvalue weighted by atomic mass is 28.3. The molecule has 0 saturated carbocycles. The van der Waals surface area contributed by atoms with Gasteiger partial charge in [0.05, 0.1) is 33.5 Å². The topological polar surface area (TPSA) is 28.3 Å². The van der Waals surface area contributed by atoms with E-state index in [1.165, 1.54) is 11.3 Å². The van der Waals surface area contributed by atoms with Crippen molar-refractivity contribution in [2.24, 2.45) is 0 Å². The molecule has 3 nitrogen and oxygen atoms in total. The van der Waals surface area contributed by atoms with Crippen molar-refractivity contribution in [3.05, 3.63) is 35.5 Å². The van der Waals surface area contributed by atoms with E-state index in [4.69, 9.17) is 9.47 Å². The molecule has 0 N–H and O–H groups in total. The molecule has 4 heteroatoms. The van der Waals surface area contributed by atoms with Crippen LogP contribution in [0.2, 0.25) is 19.6 Å². The van der Waals surface area contributed by atoms with Crippen LogP contribution in [0.15, 0.2) is 30.0 Å². The first-order valence-electron chi connectivity index (χ1n) is 7.77. The Morgan fingerprint density at radius 1 is 1.05 bits per heavy atom. The molecule has 21 heavy (non-hydrogen) atoms. The van der Waals surface area contributed by atoms with Crippen LogP contribution in [-0.2, 0) is 9.47 Å². The average Bonchev–Trinajstić information content (AvgIpc) is 3.31. The Balaban J connectivity index is 1.66. The van der Waals surface area contributed by atoms with Crippen molar-refractivity contribution >= 4 is 19.8 Å². The Labute approximate surface area is 128 Å². The number of epoxide rings is 2. The molecule has 114 valence electrons. The molecule has 1 aromatic carbocycles. The molecule has 2 fully saturated rings. The summed E-state index contributed by atoms with van der Waals surface area (Å²) >= 11 is 0. The largest absolute Gasteiger partial charge is 0.371 e. The standard InChI is InChI=1S/C17H25NO2Si/c1-21(2,3)9-8-14-4-6-15(7-5-14)18(10-16-12-19-16)11-17-13-20-17/h4-9,16-17H,10-13H2,1-3H3. The fraction of sp³-hybridized carbons (Fsp3) is 0.529. The number of rotatable bonds is 7. The van der Waals surface area contributed by atoms with Gasteiger partial charge in [-0.3, -0.25) is 0 Å². The summed E-state index contributed by atoms with van der Waals surface area (Å²) in [7, 11) is -1.13. The van der Waals surface area contributed by atoms with E-state index in [9.17, 15) is 0 Å². The van der Waals surface area contributed by atoms with Gasteiger partial charge >= 0.3 is 0 Å². The van der Waals surface area contributed by atoms with Crippen LogP contribution in [0.5, 0.6) is 0 Å². The van der Waals surface area contributed by atoms with Gasteiger partial charge in [0.15, 0.2) is 0 Å². The van der Waals surface area contributed by atoms with E-state index in [-0.39, 0.29) is 0 Å². The lowest BCUT2D eigenvalue weighted by Gasteiger charge is -2.23. The summed E-state index contributed by atoms with van der Waals surface area (Å²) in [5.74, 6) is 0. The van der Waals surface area contributed by atoms with E-state index >= 15 is 0 Å². The van der Waals surface area contributed by atoms with Gasteiger partial charge in [0.1, 0.15) is 0 Å². The van der Waals surface area contributed by atoms with Crippen molar-refractivity contribution in [1.82, 2.24) is 0 Å². The summed E-state index contributed by atoms with van der Waals surface area (Å²) in [6, 6.07) is 8.85. The molecule has 0 spiro atoms. The molecular formula is C17H25NO2Si. The first kappa shape index (κ1) is 14.8. The van der Waals surface area contributed by atoms with Gasteiger partial charge in [-0.05, 0) is 17.7 Å². The number of benzene rings is 1. The molecule has 0 aromatic heterocycles. The van der Waals surface area contributed by atoms with E-state index in [1.807, 2.05) is 0 Å². The van der Waals surface area contributed by atoms with Gasteiger partial charge < -0.3 is 14.4 Å². The number of hydrogen-bond acceptors (Lipinski definition) is 3. The Hall–Kier alpha value is -1.10. The SMILES string of the molecule is C[Si](C)(C)C=Cc1ccc(N(CC2CO2)CC2CO2)cc1. The summed E-state index contributed by atoms with van der Waals surface area (Å²) in [6.45, 7) is 10.8.